The number of rotatable bonds is 4. The van der Waals surface area contributed by atoms with Gasteiger partial charge in [0.1, 0.15) is 6.33 Å². The third-order valence-electron chi connectivity index (χ3n) is 2.39. The molecule has 0 saturated carbocycles. The Bertz CT molecular complexity index is 468. The molecule has 88 valence electrons. The van der Waals surface area contributed by atoms with Crippen LogP contribution in [-0.4, -0.2) is 44.6 Å². The lowest BCUT2D eigenvalue weighted by molar-refractivity contribution is 0.0785. The highest BCUT2D eigenvalue weighted by Crippen LogP contribution is 1.99. The van der Waals surface area contributed by atoms with Crippen LogP contribution in [0.25, 0.3) is 0 Å². The lowest BCUT2D eigenvalue weighted by Crippen LogP contribution is -2.29. The van der Waals surface area contributed by atoms with E-state index in [2.05, 4.69) is 20.2 Å². The number of carbonyl (C=O) groups excluding carboxylic acids is 1. The number of hydrogen-bond donors (Lipinski definition) is 1. The Balaban J connectivity index is 1.90. The molecule has 2 aromatic rings. The van der Waals surface area contributed by atoms with Crippen molar-refractivity contribution in [3.63, 3.8) is 0 Å². The Morgan fingerprint density at radius 2 is 2.29 bits per heavy atom. The van der Waals surface area contributed by atoms with Crippen molar-refractivity contribution >= 4 is 5.91 Å². The van der Waals surface area contributed by atoms with E-state index in [1.807, 2.05) is 18.2 Å². The summed E-state index contributed by atoms with van der Waals surface area (Å²) in [4.78, 5) is 21.4. The third-order valence-corrected chi connectivity index (χ3v) is 2.39. The van der Waals surface area contributed by atoms with E-state index in [0.29, 0.717) is 6.54 Å². The molecule has 0 radical (unpaired) electrons. The molecule has 2 rings (SSSR count). The minimum absolute atomic E-state index is 0.168. The van der Waals surface area contributed by atoms with Gasteiger partial charge in [-0.25, -0.2) is 4.98 Å². The van der Waals surface area contributed by atoms with Crippen LogP contribution in [0.4, 0.5) is 0 Å². The maximum atomic E-state index is 11.8. The van der Waals surface area contributed by atoms with Crippen LogP contribution in [0.15, 0.2) is 30.7 Å². The quantitative estimate of drug-likeness (QED) is 0.832. The highest BCUT2D eigenvalue weighted by molar-refractivity contribution is 5.90. The van der Waals surface area contributed by atoms with Gasteiger partial charge in [-0.2, -0.15) is 5.10 Å². The van der Waals surface area contributed by atoms with Gasteiger partial charge in [-0.05, 0) is 12.1 Å². The summed E-state index contributed by atoms with van der Waals surface area (Å²) >= 11 is 0. The number of nitrogens with one attached hydrogen (secondary N) is 1. The fourth-order valence-electron chi connectivity index (χ4n) is 1.42. The molecule has 0 saturated heterocycles. The molecule has 0 aliphatic carbocycles. The Kier molecular flexibility index (Phi) is 3.44. The number of pyridine rings is 1. The minimum Gasteiger partial charge on any atom is -0.339 e. The standard InChI is InChI=1S/C11H13N5O/c1-16(11(17)10-13-8-14-15-10)7-5-9-4-2-3-6-12-9/h2-4,6,8H,5,7H2,1H3,(H,13,14,15). The highest BCUT2D eigenvalue weighted by Gasteiger charge is 2.13. The zero-order valence-electron chi connectivity index (χ0n) is 9.50. The van der Waals surface area contributed by atoms with Crippen LogP contribution in [0.1, 0.15) is 16.3 Å². The van der Waals surface area contributed by atoms with Crippen molar-refractivity contribution in [2.45, 2.75) is 6.42 Å². The van der Waals surface area contributed by atoms with E-state index < -0.39 is 0 Å². The summed E-state index contributed by atoms with van der Waals surface area (Å²) in [6, 6.07) is 5.74. The van der Waals surface area contributed by atoms with Crippen molar-refractivity contribution in [3.8, 4) is 0 Å². The first-order valence-corrected chi connectivity index (χ1v) is 5.28. The minimum atomic E-state index is -0.168. The van der Waals surface area contributed by atoms with Gasteiger partial charge in [0.25, 0.3) is 5.91 Å². The highest BCUT2D eigenvalue weighted by atomic mass is 16.2. The van der Waals surface area contributed by atoms with E-state index >= 15 is 0 Å². The van der Waals surface area contributed by atoms with E-state index in [-0.39, 0.29) is 11.7 Å². The number of carbonyl (C=O) groups is 1. The molecule has 2 heterocycles. The molecule has 17 heavy (non-hydrogen) atoms. The smallest absolute Gasteiger partial charge is 0.290 e. The van der Waals surface area contributed by atoms with Gasteiger partial charge in [0, 0.05) is 31.9 Å². The van der Waals surface area contributed by atoms with Gasteiger partial charge < -0.3 is 4.90 Å². The zero-order valence-corrected chi connectivity index (χ0v) is 9.50. The monoisotopic (exact) mass is 231 g/mol. The molecule has 0 atom stereocenters. The normalized spacial score (nSPS) is 10.2. The van der Waals surface area contributed by atoms with E-state index in [1.165, 1.54) is 6.33 Å². The van der Waals surface area contributed by atoms with Crippen molar-refractivity contribution in [1.29, 1.82) is 0 Å². The number of nitrogens with zero attached hydrogens (tertiary/aromatic N) is 4. The number of hydrogen-bond acceptors (Lipinski definition) is 4. The molecule has 0 aliphatic heterocycles. The van der Waals surface area contributed by atoms with Crippen molar-refractivity contribution in [1.82, 2.24) is 25.1 Å². The molecule has 6 heteroatoms. The van der Waals surface area contributed by atoms with Gasteiger partial charge in [-0.15, -0.1) is 0 Å². The molecule has 0 fully saturated rings. The van der Waals surface area contributed by atoms with Crippen molar-refractivity contribution < 1.29 is 4.79 Å². The second-order valence-corrected chi connectivity index (χ2v) is 3.63. The zero-order chi connectivity index (χ0) is 12.1. The lowest BCUT2D eigenvalue weighted by atomic mass is 10.2. The predicted octanol–water partition coefficient (Wildman–Crippen LogP) is 0.514. The summed E-state index contributed by atoms with van der Waals surface area (Å²) in [5, 5.41) is 6.20. The van der Waals surface area contributed by atoms with Crippen LogP contribution in [0.5, 0.6) is 0 Å². The summed E-state index contributed by atoms with van der Waals surface area (Å²) in [5.41, 5.74) is 0.963. The number of aromatic nitrogens is 4. The largest absolute Gasteiger partial charge is 0.339 e. The Morgan fingerprint density at radius 3 is 2.94 bits per heavy atom. The number of amides is 1. The predicted molar refractivity (Wildman–Crippen MR) is 61.3 cm³/mol. The van der Waals surface area contributed by atoms with Gasteiger partial charge in [-0.1, -0.05) is 6.07 Å². The van der Waals surface area contributed by atoms with Crippen LogP contribution in [0.3, 0.4) is 0 Å². The van der Waals surface area contributed by atoms with Gasteiger partial charge >= 0.3 is 0 Å². The van der Waals surface area contributed by atoms with Crippen LogP contribution < -0.4 is 0 Å². The molecule has 0 spiro atoms. The Hall–Kier alpha value is -2.24. The second kappa shape index (κ2) is 5.20. The molecular weight excluding hydrogens is 218 g/mol. The van der Waals surface area contributed by atoms with Crippen molar-refractivity contribution in [2.75, 3.05) is 13.6 Å². The summed E-state index contributed by atoms with van der Waals surface area (Å²) in [5.74, 6) is 0.0898. The van der Waals surface area contributed by atoms with Gasteiger partial charge in [0.2, 0.25) is 5.82 Å². The lowest BCUT2D eigenvalue weighted by Gasteiger charge is -2.14. The molecule has 1 N–H and O–H groups in total. The average molecular weight is 231 g/mol. The molecule has 0 aliphatic rings. The maximum Gasteiger partial charge on any atom is 0.290 e. The van der Waals surface area contributed by atoms with E-state index in [1.54, 1.807) is 18.1 Å². The average Bonchev–Trinajstić information content (AvgIpc) is 2.90. The topological polar surface area (TPSA) is 74.8 Å². The van der Waals surface area contributed by atoms with Crippen molar-refractivity contribution in [2.24, 2.45) is 0 Å². The molecule has 6 nitrogen and oxygen atoms in total. The van der Waals surface area contributed by atoms with E-state index in [0.717, 1.165) is 12.1 Å². The van der Waals surface area contributed by atoms with Gasteiger partial charge in [-0.3, -0.25) is 14.9 Å². The molecular formula is C11H13N5O. The van der Waals surface area contributed by atoms with Crippen LogP contribution in [0, 0.1) is 0 Å². The maximum absolute atomic E-state index is 11.8. The van der Waals surface area contributed by atoms with Crippen LogP contribution in [0.2, 0.25) is 0 Å². The number of likely N-dealkylation sites (N-methyl/N-ethyl adjacent to an activating group) is 1. The van der Waals surface area contributed by atoms with E-state index in [9.17, 15) is 4.79 Å². The first-order valence-electron chi connectivity index (χ1n) is 5.28. The first kappa shape index (κ1) is 11.3. The molecule has 2 aromatic heterocycles. The summed E-state index contributed by atoms with van der Waals surface area (Å²) < 4.78 is 0. The fourth-order valence-corrected chi connectivity index (χ4v) is 1.42. The number of aromatic amines is 1. The molecule has 1 amide bonds. The Labute approximate surface area is 98.7 Å². The fraction of sp³-hybridized carbons (Fsp3) is 0.273. The third kappa shape index (κ3) is 2.87. The molecule has 0 bridgehead atoms. The second-order valence-electron chi connectivity index (χ2n) is 3.63. The molecule has 0 aromatic carbocycles. The summed E-state index contributed by atoms with van der Waals surface area (Å²) in [6.45, 7) is 0.594. The van der Waals surface area contributed by atoms with Gasteiger partial charge in [0.15, 0.2) is 0 Å². The SMILES string of the molecule is CN(CCc1ccccn1)C(=O)c1ncn[nH]1. The van der Waals surface area contributed by atoms with Crippen molar-refractivity contribution in [3.05, 3.63) is 42.2 Å². The summed E-state index contributed by atoms with van der Waals surface area (Å²) in [6.07, 6.45) is 3.78. The van der Waals surface area contributed by atoms with E-state index in [4.69, 9.17) is 0 Å². The van der Waals surface area contributed by atoms with Crippen LogP contribution >= 0.6 is 0 Å². The first-order chi connectivity index (χ1) is 8.27. The van der Waals surface area contributed by atoms with Gasteiger partial charge in [0.05, 0.1) is 0 Å². The Morgan fingerprint density at radius 1 is 1.41 bits per heavy atom. The number of H-pyrrole nitrogens is 1. The van der Waals surface area contributed by atoms with Crippen LogP contribution in [-0.2, 0) is 6.42 Å². The molecule has 0 unspecified atom stereocenters. The summed E-state index contributed by atoms with van der Waals surface area (Å²) in [7, 11) is 1.73.